The number of halogens is 1. The summed E-state index contributed by atoms with van der Waals surface area (Å²) in [6.45, 7) is 0.826. The summed E-state index contributed by atoms with van der Waals surface area (Å²) < 4.78 is 33.6. The minimum Gasteiger partial charge on any atom is -0.491 e. The van der Waals surface area contributed by atoms with E-state index in [0.29, 0.717) is 24.5 Å². The van der Waals surface area contributed by atoms with E-state index in [2.05, 4.69) is 0 Å². The van der Waals surface area contributed by atoms with E-state index in [1.54, 1.807) is 13.2 Å². The van der Waals surface area contributed by atoms with E-state index >= 15 is 0 Å². The molecule has 0 spiro atoms. The van der Waals surface area contributed by atoms with E-state index in [-0.39, 0.29) is 4.90 Å². The molecule has 2 aromatic carbocycles. The molecule has 0 fully saturated rings. The molecule has 0 saturated carbocycles. The van der Waals surface area contributed by atoms with Crippen LogP contribution < -0.4 is 4.74 Å². The number of rotatable bonds is 6. The maximum absolute atomic E-state index is 11.5. The number of hydrogen-bond acceptors (Lipinski definition) is 4. The topological polar surface area (TPSA) is 52.6 Å². The molecular formula is C15H15ClO4S. The number of ether oxygens (including phenoxy) is 2. The van der Waals surface area contributed by atoms with E-state index in [0.717, 1.165) is 5.56 Å². The second-order valence-electron chi connectivity index (χ2n) is 4.30. The van der Waals surface area contributed by atoms with Crippen molar-refractivity contribution in [2.75, 3.05) is 20.3 Å². The van der Waals surface area contributed by atoms with Crippen molar-refractivity contribution < 1.29 is 17.9 Å². The predicted molar refractivity (Wildman–Crippen MR) is 82.3 cm³/mol. The van der Waals surface area contributed by atoms with Crippen molar-refractivity contribution in [2.45, 2.75) is 4.90 Å². The fourth-order valence-corrected chi connectivity index (χ4v) is 2.64. The summed E-state index contributed by atoms with van der Waals surface area (Å²) in [6.07, 6.45) is 0. The van der Waals surface area contributed by atoms with Crippen LogP contribution in [0.15, 0.2) is 53.4 Å². The smallest absolute Gasteiger partial charge is 0.261 e. The third-order valence-corrected chi connectivity index (χ3v) is 4.21. The first-order valence-corrected chi connectivity index (χ1v) is 8.59. The molecule has 2 aromatic rings. The van der Waals surface area contributed by atoms with Crippen LogP contribution in [0.2, 0.25) is 0 Å². The van der Waals surface area contributed by atoms with Crippen molar-refractivity contribution in [3.05, 3.63) is 48.5 Å². The van der Waals surface area contributed by atoms with Crippen LogP contribution in [0.25, 0.3) is 11.1 Å². The van der Waals surface area contributed by atoms with E-state index in [4.69, 9.17) is 20.2 Å². The fourth-order valence-electron chi connectivity index (χ4n) is 1.86. The molecule has 21 heavy (non-hydrogen) atoms. The molecule has 0 radical (unpaired) electrons. The Morgan fingerprint density at radius 2 is 1.76 bits per heavy atom. The molecule has 0 aliphatic carbocycles. The zero-order valence-electron chi connectivity index (χ0n) is 11.5. The molecule has 0 saturated heterocycles. The summed E-state index contributed by atoms with van der Waals surface area (Å²) in [5.74, 6) is 0.585. The third kappa shape index (κ3) is 4.20. The highest BCUT2D eigenvalue weighted by molar-refractivity contribution is 8.13. The Hall–Kier alpha value is -1.56. The summed E-state index contributed by atoms with van der Waals surface area (Å²) in [7, 11) is 3.21. The van der Waals surface area contributed by atoms with Crippen LogP contribution in [0, 0.1) is 0 Å². The summed E-state index contributed by atoms with van der Waals surface area (Å²) >= 11 is 0. The summed E-state index contributed by atoms with van der Waals surface area (Å²) in [5.41, 5.74) is 1.53. The van der Waals surface area contributed by atoms with E-state index in [9.17, 15) is 8.42 Å². The van der Waals surface area contributed by atoms with Gasteiger partial charge in [-0.1, -0.05) is 30.3 Å². The van der Waals surface area contributed by atoms with Gasteiger partial charge >= 0.3 is 0 Å². The van der Waals surface area contributed by atoms with Crippen molar-refractivity contribution in [3.8, 4) is 16.9 Å². The molecule has 0 aliphatic rings. The van der Waals surface area contributed by atoms with Crippen LogP contribution in [0.4, 0.5) is 0 Å². The molecular weight excluding hydrogens is 312 g/mol. The van der Waals surface area contributed by atoms with Crippen molar-refractivity contribution in [3.63, 3.8) is 0 Å². The molecule has 0 unspecified atom stereocenters. The van der Waals surface area contributed by atoms with Crippen LogP contribution in [0.1, 0.15) is 0 Å². The van der Waals surface area contributed by atoms with Crippen molar-refractivity contribution in [2.24, 2.45) is 0 Å². The Morgan fingerprint density at radius 1 is 1.05 bits per heavy atom. The normalized spacial score (nSPS) is 11.3. The maximum atomic E-state index is 11.5. The average Bonchev–Trinajstić information content (AvgIpc) is 2.47. The first-order valence-electron chi connectivity index (χ1n) is 6.28. The molecule has 0 aliphatic heterocycles. The first-order chi connectivity index (χ1) is 10.0. The van der Waals surface area contributed by atoms with Gasteiger partial charge in [0.1, 0.15) is 12.4 Å². The molecule has 2 rings (SSSR count). The standard InChI is InChI=1S/C15H15ClO4S/c1-19-9-10-20-15-8-7-13(21(16,17)18)11-14(15)12-5-3-2-4-6-12/h2-8,11H,9-10H2,1H3. The Balaban J connectivity index is 2.45. The number of benzene rings is 2. The van der Waals surface area contributed by atoms with Crippen LogP contribution >= 0.6 is 10.7 Å². The minimum atomic E-state index is -3.78. The lowest BCUT2D eigenvalue weighted by Crippen LogP contribution is -2.05. The minimum absolute atomic E-state index is 0.0436. The molecule has 4 nitrogen and oxygen atoms in total. The molecule has 0 atom stereocenters. The molecule has 0 heterocycles. The Kier molecular flexibility index (Phi) is 5.22. The van der Waals surface area contributed by atoms with Gasteiger partial charge in [-0.3, -0.25) is 0 Å². The molecule has 0 aromatic heterocycles. The van der Waals surface area contributed by atoms with Gasteiger partial charge in [0.05, 0.1) is 11.5 Å². The molecule has 0 N–H and O–H groups in total. The lowest BCUT2D eigenvalue weighted by Gasteiger charge is -2.12. The molecule has 0 bridgehead atoms. The van der Waals surface area contributed by atoms with Gasteiger partial charge in [0.25, 0.3) is 9.05 Å². The Morgan fingerprint density at radius 3 is 2.38 bits per heavy atom. The molecule has 112 valence electrons. The quantitative estimate of drug-likeness (QED) is 0.603. The molecule has 0 amide bonds. The summed E-state index contributed by atoms with van der Waals surface area (Å²) in [5, 5.41) is 0. The third-order valence-electron chi connectivity index (χ3n) is 2.86. The van der Waals surface area contributed by atoms with E-state index in [1.807, 2.05) is 30.3 Å². The van der Waals surface area contributed by atoms with Gasteiger partial charge in [0, 0.05) is 23.4 Å². The van der Waals surface area contributed by atoms with Gasteiger partial charge in [0.2, 0.25) is 0 Å². The summed E-state index contributed by atoms with van der Waals surface area (Å²) in [6, 6.07) is 13.9. The van der Waals surface area contributed by atoms with Crippen LogP contribution in [-0.4, -0.2) is 28.7 Å². The van der Waals surface area contributed by atoms with Gasteiger partial charge in [-0.15, -0.1) is 0 Å². The Labute approximate surface area is 128 Å². The zero-order chi connectivity index (χ0) is 15.3. The van der Waals surface area contributed by atoms with E-state index in [1.165, 1.54) is 12.1 Å². The lowest BCUT2D eigenvalue weighted by atomic mass is 10.0. The second-order valence-corrected chi connectivity index (χ2v) is 6.87. The van der Waals surface area contributed by atoms with Crippen LogP contribution in [-0.2, 0) is 13.8 Å². The highest BCUT2D eigenvalue weighted by Crippen LogP contribution is 2.33. The van der Waals surface area contributed by atoms with Crippen LogP contribution in [0.5, 0.6) is 5.75 Å². The first kappa shape index (κ1) is 15.8. The van der Waals surface area contributed by atoms with Gasteiger partial charge in [-0.2, -0.15) is 0 Å². The average molecular weight is 327 g/mol. The zero-order valence-corrected chi connectivity index (χ0v) is 13.0. The van der Waals surface area contributed by atoms with Gasteiger partial charge in [-0.25, -0.2) is 8.42 Å². The SMILES string of the molecule is COCCOc1ccc(S(=O)(=O)Cl)cc1-c1ccccc1. The lowest BCUT2D eigenvalue weighted by molar-refractivity contribution is 0.146. The van der Waals surface area contributed by atoms with E-state index < -0.39 is 9.05 Å². The number of methoxy groups -OCH3 is 1. The molecule has 6 heteroatoms. The van der Waals surface area contributed by atoms with Gasteiger partial charge in [-0.05, 0) is 23.8 Å². The fraction of sp³-hybridized carbons (Fsp3) is 0.200. The van der Waals surface area contributed by atoms with Crippen molar-refractivity contribution >= 4 is 19.7 Å². The van der Waals surface area contributed by atoms with Gasteiger partial charge in [0.15, 0.2) is 0 Å². The highest BCUT2D eigenvalue weighted by Gasteiger charge is 2.15. The Bertz CT molecular complexity index is 699. The van der Waals surface area contributed by atoms with Crippen molar-refractivity contribution in [1.29, 1.82) is 0 Å². The highest BCUT2D eigenvalue weighted by atomic mass is 35.7. The second kappa shape index (κ2) is 6.93. The van der Waals surface area contributed by atoms with Crippen LogP contribution in [0.3, 0.4) is 0 Å². The largest absolute Gasteiger partial charge is 0.491 e. The monoisotopic (exact) mass is 326 g/mol. The predicted octanol–water partition coefficient (Wildman–Crippen LogP) is 3.31. The van der Waals surface area contributed by atoms with Gasteiger partial charge < -0.3 is 9.47 Å². The van der Waals surface area contributed by atoms with Crippen molar-refractivity contribution in [1.82, 2.24) is 0 Å². The maximum Gasteiger partial charge on any atom is 0.261 e. The summed E-state index contributed by atoms with van der Waals surface area (Å²) in [4.78, 5) is 0.0436. The number of hydrogen-bond donors (Lipinski definition) is 0.